The summed E-state index contributed by atoms with van der Waals surface area (Å²) < 4.78 is 4.52. The molecule has 3 heteroatoms. The smallest absolute Gasteiger partial charge is 0.345 e. The quantitative estimate of drug-likeness (QED) is 0.540. The molecule has 3 aromatic rings. The Morgan fingerprint density at radius 1 is 0.950 bits per heavy atom. The van der Waals surface area contributed by atoms with Crippen LogP contribution in [0.5, 0.6) is 0 Å². The number of hydrogen-bond donors (Lipinski definition) is 0. The molecule has 0 fully saturated rings. The summed E-state index contributed by atoms with van der Waals surface area (Å²) in [5, 5.41) is 4.85. The number of carbonyl (C=O) groups excluding carboxylic acids is 1. The van der Waals surface area contributed by atoms with Gasteiger partial charge in [0.1, 0.15) is 0 Å². The highest BCUT2D eigenvalue weighted by atomic mass is 28.2. The summed E-state index contributed by atoms with van der Waals surface area (Å²) in [6, 6.07) is 18.9. The van der Waals surface area contributed by atoms with Crippen molar-refractivity contribution in [3.05, 3.63) is 60.2 Å². The molecular weight excluding hydrogens is 264 g/mol. The second kappa shape index (κ2) is 5.47. The van der Waals surface area contributed by atoms with Crippen LogP contribution in [0.3, 0.4) is 0 Å². The van der Waals surface area contributed by atoms with E-state index in [1.807, 2.05) is 18.2 Å². The third-order valence-corrected chi connectivity index (χ3v) is 3.78. The first-order chi connectivity index (χ1) is 9.78. The van der Waals surface area contributed by atoms with E-state index in [1.54, 1.807) is 0 Å². The second-order valence-corrected chi connectivity index (χ2v) is 5.02. The molecule has 0 aliphatic carbocycles. The highest BCUT2D eigenvalue weighted by molar-refractivity contribution is 6.05. The van der Waals surface area contributed by atoms with E-state index in [0.29, 0.717) is 12.8 Å². The molecule has 0 unspecified atom stereocenters. The Balaban J connectivity index is 2.08. The lowest BCUT2D eigenvalue weighted by atomic mass is 9.97. The van der Waals surface area contributed by atoms with Crippen LogP contribution in [0, 0.1) is 0 Å². The number of hydrogen-bond acceptors (Lipinski definition) is 2. The van der Waals surface area contributed by atoms with Gasteiger partial charge < -0.3 is 4.43 Å². The third kappa shape index (κ3) is 2.45. The van der Waals surface area contributed by atoms with Crippen molar-refractivity contribution in [2.45, 2.75) is 12.8 Å². The Morgan fingerprint density at radius 2 is 1.65 bits per heavy atom. The number of fused-ring (bicyclic) bond motifs is 2. The van der Waals surface area contributed by atoms with Gasteiger partial charge in [0.2, 0.25) is 0 Å². The summed E-state index contributed by atoms with van der Waals surface area (Å²) in [7, 11) is 2.77. The van der Waals surface area contributed by atoms with E-state index >= 15 is 0 Å². The average Bonchev–Trinajstić information content (AvgIpc) is 2.50. The van der Waals surface area contributed by atoms with E-state index in [1.165, 1.54) is 27.1 Å². The van der Waals surface area contributed by atoms with Crippen LogP contribution in [0.4, 0.5) is 0 Å². The molecule has 0 saturated heterocycles. The Morgan fingerprint density at radius 3 is 2.40 bits per heavy atom. The third-order valence-electron chi connectivity index (χ3n) is 3.55. The molecule has 3 aromatic carbocycles. The molecule has 0 saturated carbocycles. The Kier molecular flexibility index (Phi) is 3.52. The Hall–Kier alpha value is -2.13. The predicted octanol–water partition coefficient (Wildman–Crippen LogP) is 3.55. The molecule has 0 amide bonds. The molecule has 0 aliphatic heterocycles. The zero-order valence-corrected chi connectivity index (χ0v) is 11.9. The van der Waals surface area contributed by atoms with Crippen LogP contribution in [0.1, 0.15) is 12.0 Å². The van der Waals surface area contributed by atoms with Crippen LogP contribution in [-0.2, 0) is 15.6 Å². The maximum atomic E-state index is 11.3. The molecule has 0 heterocycles. The number of rotatable bonds is 3. The van der Waals surface area contributed by atoms with Gasteiger partial charge in [-0.05, 0) is 45.7 Å². The first kappa shape index (κ1) is 12.9. The number of carbonyl (C=O) groups is 1. The van der Waals surface area contributed by atoms with Crippen LogP contribution in [0.25, 0.3) is 21.5 Å². The molecule has 2 nitrogen and oxygen atoms in total. The fourth-order valence-electron chi connectivity index (χ4n) is 2.54. The van der Waals surface area contributed by atoms with Gasteiger partial charge in [-0.15, -0.1) is 0 Å². The van der Waals surface area contributed by atoms with E-state index in [4.69, 9.17) is 0 Å². The van der Waals surface area contributed by atoms with Gasteiger partial charge in [0.15, 0.2) is 0 Å². The molecule has 0 aromatic heterocycles. The van der Waals surface area contributed by atoms with Crippen molar-refractivity contribution in [3.8, 4) is 0 Å². The summed E-state index contributed by atoms with van der Waals surface area (Å²) in [5.41, 5.74) is 1.17. The molecule has 0 aliphatic rings. The van der Waals surface area contributed by atoms with Crippen LogP contribution in [0.15, 0.2) is 54.6 Å². The SMILES string of the molecule is O=C(CCc1cccc2cc3ccccc3cc12)O[Si]. The van der Waals surface area contributed by atoms with Crippen LogP contribution < -0.4 is 0 Å². The minimum absolute atomic E-state index is 0.251. The van der Waals surface area contributed by atoms with Crippen molar-refractivity contribution in [1.82, 2.24) is 0 Å². The van der Waals surface area contributed by atoms with Gasteiger partial charge in [-0.25, -0.2) is 0 Å². The van der Waals surface area contributed by atoms with E-state index in [9.17, 15) is 4.79 Å². The van der Waals surface area contributed by atoms with Crippen molar-refractivity contribution >= 4 is 38.0 Å². The minimum Gasteiger partial charge on any atom is -0.516 e. The van der Waals surface area contributed by atoms with Crippen LogP contribution in [0.2, 0.25) is 0 Å². The molecule has 0 atom stereocenters. The van der Waals surface area contributed by atoms with Crippen LogP contribution in [-0.4, -0.2) is 16.5 Å². The van der Waals surface area contributed by atoms with Gasteiger partial charge in [0, 0.05) is 6.42 Å². The zero-order valence-electron chi connectivity index (χ0n) is 10.9. The lowest BCUT2D eigenvalue weighted by Crippen LogP contribution is -2.03. The second-order valence-electron chi connectivity index (χ2n) is 4.81. The fraction of sp³-hybridized carbons (Fsp3) is 0.118. The van der Waals surface area contributed by atoms with E-state index in [0.717, 1.165) is 0 Å². The summed E-state index contributed by atoms with van der Waals surface area (Å²) in [6.45, 7) is 0. The maximum Gasteiger partial charge on any atom is 0.345 e. The maximum absolute atomic E-state index is 11.3. The monoisotopic (exact) mass is 277 g/mol. The van der Waals surface area contributed by atoms with E-state index in [-0.39, 0.29) is 5.97 Å². The molecule has 3 radical (unpaired) electrons. The highest BCUT2D eigenvalue weighted by Crippen LogP contribution is 2.26. The van der Waals surface area contributed by atoms with E-state index in [2.05, 4.69) is 51.3 Å². The first-order valence-electron chi connectivity index (χ1n) is 6.55. The largest absolute Gasteiger partial charge is 0.516 e. The van der Waals surface area contributed by atoms with Gasteiger partial charge in [0.05, 0.1) is 0 Å². The molecule has 0 bridgehead atoms. The lowest BCUT2D eigenvalue weighted by molar-refractivity contribution is -0.133. The van der Waals surface area contributed by atoms with Gasteiger partial charge in [0.25, 0.3) is 5.97 Å². The lowest BCUT2D eigenvalue weighted by Gasteiger charge is -2.08. The normalized spacial score (nSPS) is 10.8. The number of aryl methyl sites for hydroxylation is 1. The van der Waals surface area contributed by atoms with Crippen molar-refractivity contribution in [2.75, 3.05) is 0 Å². The zero-order chi connectivity index (χ0) is 13.9. The molecular formula is C17H13O2Si. The average molecular weight is 277 g/mol. The predicted molar refractivity (Wildman–Crippen MR) is 81.6 cm³/mol. The highest BCUT2D eigenvalue weighted by Gasteiger charge is 2.06. The van der Waals surface area contributed by atoms with Gasteiger partial charge in [-0.1, -0.05) is 42.5 Å². The minimum atomic E-state index is -0.251. The summed E-state index contributed by atoms with van der Waals surface area (Å²) >= 11 is 0. The summed E-state index contributed by atoms with van der Waals surface area (Å²) in [5.74, 6) is -0.251. The summed E-state index contributed by atoms with van der Waals surface area (Å²) in [6.07, 6.45) is 1.05. The Labute approximate surface area is 120 Å². The molecule has 0 N–H and O–H groups in total. The van der Waals surface area contributed by atoms with Gasteiger partial charge in [-0.3, -0.25) is 4.79 Å². The van der Waals surface area contributed by atoms with Gasteiger partial charge >= 0.3 is 10.5 Å². The topological polar surface area (TPSA) is 26.3 Å². The van der Waals surface area contributed by atoms with Crippen molar-refractivity contribution in [1.29, 1.82) is 0 Å². The van der Waals surface area contributed by atoms with Crippen molar-refractivity contribution in [3.63, 3.8) is 0 Å². The Bertz CT molecular complexity index is 780. The van der Waals surface area contributed by atoms with E-state index < -0.39 is 0 Å². The molecule has 20 heavy (non-hydrogen) atoms. The molecule has 3 rings (SSSR count). The standard InChI is InChI=1S/C17H13O2Si/c18-17(19-20)9-8-12-6-3-7-15-10-13-4-1-2-5-14(13)11-16(12)15/h1-7,10-11H,8-9H2. The summed E-state index contributed by atoms with van der Waals surface area (Å²) in [4.78, 5) is 11.3. The van der Waals surface area contributed by atoms with Crippen molar-refractivity contribution in [2.24, 2.45) is 0 Å². The van der Waals surface area contributed by atoms with Crippen LogP contribution >= 0.6 is 0 Å². The first-order valence-corrected chi connectivity index (χ1v) is 6.95. The van der Waals surface area contributed by atoms with Crippen molar-refractivity contribution < 1.29 is 9.22 Å². The molecule has 0 spiro atoms. The van der Waals surface area contributed by atoms with Gasteiger partial charge in [-0.2, -0.15) is 0 Å². The molecule has 97 valence electrons. The fourth-order valence-corrected chi connectivity index (χ4v) is 2.64. The number of benzene rings is 3.